The molecule has 1 aromatic rings. The van der Waals surface area contributed by atoms with Gasteiger partial charge in [-0.25, -0.2) is 9.59 Å². The number of amides is 1. The Bertz CT molecular complexity index is 613. The summed E-state index contributed by atoms with van der Waals surface area (Å²) in [7, 11) is 1.25. The molecule has 2 N–H and O–H groups in total. The minimum atomic E-state index is -0.597. The molecule has 1 heterocycles. The maximum atomic E-state index is 11.9. The number of methoxy groups -OCH3 is 1. The topological polar surface area (TPSA) is 101 Å². The zero-order chi connectivity index (χ0) is 16.9. The van der Waals surface area contributed by atoms with Gasteiger partial charge in [0, 0.05) is 11.7 Å². The number of hydrogen-bond donors (Lipinski definition) is 2. The van der Waals surface area contributed by atoms with Crippen LogP contribution in [0.1, 0.15) is 36.8 Å². The van der Waals surface area contributed by atoms with Crippen molar-refractivity contribution in [2.75, 3.05) is 12.9 Å². The van der Waals surface area contributed by atoms with Gasteiger partial charge in [0.15, 0.2) is 0 Å². The Morgan fingerprint density at radius 1 is 1.36 bits per heavy atom. The van der Waals surface area contributed by atoms with E-state index in [1.165, 1.54) is 7.11 Å². The average molecular weight is 327 g/mol. The van der Waals surface area contributed by atoms with Crippen molar-refractivity contribution in [2.45, 2.75) is 38.8 Å². The molecule has 122 valence electrons. The summed E-state index contributed by atoms with van der Waals surface area (Å²) in [6, 6.07) is 0.0436. The molecule has 0 saturated heterocycles. The second kappa shape index (κ2) is 7.98. The number of rotatable bonds is 6. The van der Waals surface area contributed by atoms with Crippen LogP contribution in [-0.2, 0) is 9.53 Å². The van der Waals surface area contributed by atoms with Gasteiger partial charge in [-0.1, -0.05) is 25.6 Å². The Morgan fingerprint density at radius 3 is 2.55 bits per heavy atom. The average Bonchev–Trinajstić information content (AvgIpc) is 2.43. The molecule has 0 aliphatic heterocycles. The molecule has 1 atom stereocenters. The summed E-state index contributed by atoms with van der Waals surface area (Å²) < 4.78 is 4.69. The van der Waals surface area contributed by atoms with Crippen molar-refractivity contribution < 1.29 is 14.3 Å². The Morgan fingerprint density at radius 2 is 2.00 bits per heavy atom. The number of aryl methyl sites for hydroxylation is 1. The standard InChI is InChI=1S/C14H21N3O4S/c1-7(2)8(3)15-10(18)6-22-12-11(13(19)21-5)9(4)16-14(20)17-12/h7-8H,6H2,1-5H3,(H,15,18)(H,16,17,20)/t8-/m0/s1. The highest BCUT2D eigenvalue weighted by atomic mass is 32.2. The molecule has 0 unspecified atom stereocenters. The van der Waals surface area contributed by atoms with Gasteiger partial charge in [-0.2, -0.15) is 4.98 Å². The van der Waals surface area contributed by atoms with E-state index in [1.807, 2.05) is 20.8 Å². The van der Waals surface area contributed by atoms with Crippen LogP contribution in [0, 0.1) is 12.8 Å². The molecule has 1 amide bonds. The highest BCUT2D eigenvalue weighted by molar-refractivity contribution is 8.00. The Hall–Kier alpha value is -1.83. The molecule has 0 bridgehead atoms. The predicted molar refractivity (Wildman–Crippen MR) is 84.1 cm³/mol. The Balaban J connectivity index is 2.87. The molecular formula is C14H21N3O4S. The van der Waals surface area contributed by atoms with E-state index in [0.29, 0.717) is 11.6 Å². The van der Waals surface area contributed by atoms with Crippen molar-refractivity contribution in [3.05, 3.63) is 21.7 Å². The second-order valence-electron chi connectivity index (χ2n) is 5.23. The van der Waals surface area contributed by atoms with Crippen LogP contribution in [-0.4, -0.2) is 40.7 Å². The molecule has 1 rings (SSSR count). The van der Waals surface area contributed by atoms with Gasteiger partial charge in [-0.15, -0.1) is 0 Å². The minimum absolute atomic E-state index is 0.0436. The van der Waals surface area contributed by atoms with Crippen LogP contribution in [0.2, 0.25) is 0 Å². The molecule has 0 fully saturated rings. The van der Waals surface area contributed by atoms with Crippen molar-refractivity contribution in [2.24, 2.45) is 5.92 Å². The third-order valence-corrected chi connectivity index (χ3v) is 4.18. The normalized spacial score (nSPS) is 12.1. The summed E-state index contributed by atoms with van der Waals surface area (Å²) >= 11 is 1.04. The number of hydrogen-bond acceptors (Lipinski definition) is 6. The highest BCUT2D eigenvalue weighted by Crippen LogP contribution is 2.21. The number of aromatic nitrogens is 2. The minimum Gasteiger partial charge on any atom is -0.465 e. The fourth-order valence-electron chi connectivity index (χ4n) is 1.60. The number of aromatic amines is 1. The third kappa shape index (κ3) is 4.87. The van der Waals surface area contributed by atoms with Gasteiger partial charge in [0.1, 0.15) is 10.6 Å². The van der Waals surface area contributed by atoms with Gasteiger partial charge in [-0.05, 0) is 19.8 Å². The third-order valence-electron chi connectivity index (χ3n) is 3.20. The van der Waals surface area contributed by atoms with E-state index < -0.39 is 11.7 Å². The maximum absolute atomic E-state index is 11.9. The quantitative estimate of drug-likeness (QED) is 0.461. The predicted octanol–water partition coefficient (Wildman–Crippen LogP) is 1.12. The zero-order valence-corrected chi connectivity index (χ0v) is 14.2. The molecule has 0 saturated carbocycles. The summed E-state index contributed by atoms with van der Waals surface area (Å²) in [5.74, 6) is -0.391. The number of ether oxygens (including phenoxy) is 1. The van der Waals surface area contributed by atoms with Crippen LogP contribution < -0.4 is 11.0 Å². The van der Waals surface area contributed by atoms with E-state index >= 15 is 0 Å². The molecular weight excluding hydrogens is 306 g/mol. The summed E-state index contributed by atoms with van der Waals surface area (Å²) in [5, 5.41) is 3.05. The summed E-state index contributed by atoms with van der Waals surface area (Å²) in [6.07, 6.45) is 0. The second-order valence-corrected chi connectivity index (χ2v) is 6.19. The molecule has 0 aliphatic carbocycles. The highest BCUT2D eigenvalue weighted by Gasteiger charge is 2.20. The number of thioether (sulfide) groups is 1. The van der Waals surface area contributed by atoms with Gasteiger partial charge in [0.25, 0.3) is 0 Å². The number of nitrogens with one attached hydrogen (secondary N) is 2. The van der Waals surface area contributed by atoms with Crippen LogP contribution in [0.5, 0.6) is 0 Å². The smallest absolute Gasteiger partial charge is 0.346 e. The molecule has 22 heavy (non-hydrogen) atoms. The van der Waals surface area contributed by atoms with Gasteiger partial charge < -0.3 is 15.0 Å². The van der Waals surface area contributed by atoms with E-state index in [-0.39, 0.29) is 28.3 Å². The van der Waals surface area contributed by atoms with Crippen LogP contribution in [0.3, 0.4) is 0 Å². The summed E-state index contributed by atoms with van der Waals surface area (Å²) in [5.41, 5.74) is -0.0225. The number of carbonyl (C=O) groups is 2. The zero-order valence-electron chi connectivity index (χ0n) is 13.4. The molecule has 8 heteroatoms. The lowest BCUT2D eigenvalue weighted by atomic mass is 10.1. The van der Waals surface area contributed by atoms with Gasteiger partial charge >= 0.3 is 11.7 Å². The van der Waals surface area contributed by atoms with E-state index in [1.54, 1.807) is 6.92 Å². The van der Waals surface area contributed by atoms with Crippen molar-refractivity contribution in [1.82, 2.24) is 15.3 Å². The fourth-order valence-corrected chi connectivity index (χ4v) is 2.48. The lowest BCUT2D eigenvalue weighted by molar-refractivity contribution is -0.119. The van der Waals surface area contributed by atoms with Gasteiger partial charge in [-0.3, -0.25) is 4.79 Å². The van der Waals surface area contributed by atoms with Crippen molar-refractivity contribution in [1.29, 1.82) is 0 Å². The number of nitrogens with zero attached hydrogens (tertiary/aromatic N) is 1. The SMILES string of the molecule is COC(=O)c1c(SCC(=O)N[C@@H](C)C(C)C)nc(=O)[nH]c1C. The van der Waals surface area contributed by atoms with Crippen molar-refractivity contribution in [3.8, 4) is 0 Å². The fraction of sp³-hybridized carbons (Fsp3) is 0.571. The van der Waals surface area contributed by atoms with Gasteiger partial charge in [0.05, 0.1) is 12.9 Å². The summed E-state index contributed by atoms with van der Waals surface area (Å²) in [4.78, 5) is 41.3. The lowest BCUT2D eigenvalue weighted by Gasteiger charge is -2.17. The maximum Gasteiger partial charge on any atom is 0.346 e. The summed E-state index contributed by atoms with van der Waals surface area (Å²) in [6.45, 7) is 7.52. The molecule has 7 nitrogen and oxygen atoms in total. The number of carbonyl (C=O) groups excluding carboxylic acids is 2. The Labute approximate surface area is 133 Å². The lowest BCUT2D eigenvalue weighted by Crippen LogP contribution is -2.37. The van der Waals surface area contributed by atoms with Gasteiger partial charge in [0.2, 0.25) is 5.91 Å². The molecule has 0 aromatic carbocycles. The first-order valence-corrected chi connectivity index (χ1v) is 7.86. The molecule has 1 aromatic heterocycles. The first kappa shape index (κ1) is 18.2. The first-order chi connectivity index (χ1) is 10.3. The van der Waals surface area contributed by atoms with Crippen LogP contribution in [0.15, 0.2) is 9.82 Å². The largest absolute Gasteiger partial charge is 0.465 e. The van der Waals surface area contributed by atoms with E-state index in [2.05, 4.69) is 20.0 Å². The molecule has 0 spiro atoms. The van der Waals surface area contributed by atoms with Crippen molar-refractivity contribution in [3.63, 3.8) is 0 Å². The monoisotopic (exact) mass is 327 g/mol. The Kier molecular flexibility index (Phi) is 6.61. The van der Waals surface area contributed by atoms with E-state index in [0.717, 1.165) is 11.8 Å². The number of H-pyrrole nitrogens is 1. The van der Waals surface area contributed by atoms with E-state index in [9.17, 15) is 14.4 Å². The number of esters is 1. The van der Waals surface area contributed by atoms with Crippen molar-refractivity contribution >= 4 is 23.6 Å². The van der Waals surface area contributed by atoms with E-state index in [4.69, 9.17) is 0 Å². The first-order valence-electron chi connectivity index (χ1n) is 6.87. The van der Waals surface area contributed by atoms with Crippen LogP contribution in [0.25, 0.3) is 0 Å². The van der Waals surface area contributed by atoms with Crippen LogP contribution in [0.4, 0.5) is 0 Å². The van der Waals surface area contributed by atoms with Crippen LogP contribution >= 0.6 is 11.8 Å². The molecule has 0 aliphatic rings. The molecule has 0 radical (unpaired) electrons.